The molecule has 0 aromatic carbocycles. The average Bonchev–Trinajstić information content (AvgIpc) is 3.20. The number of aromatic nitrogens is 1. The van der Waals surface area contributed by atoms with E-state index >= 15 is 0 Å². The maximum atomic E-state index is 5.32. The molecule has 0 atom stereocenters. The molecule has 1 aliphatic carbocycles. The SMILES string of the molecule is CCNC(=NCC1(CCOC)CCCC1)NCCc1c(C)noc1C.I. The third-order valence-electron chi connectivity index (χ3n) is 5.27. The van der Waals surface area contributed by atoms with Crippen molar-refractivity contribution >= 4 is 29.9 Å². The lowest BCUT2D eigenvalue weighted by Crippen LogP contribution is -2.39. The summed E-state index contributed by atoms with van der Waals surface area (Å²) in [6.45, 7) is 9.44. The van der Waals surface area contributed by atoms with Crippen molar-refractivity contribution < 1.29 is 9.26 Å². The van der Waals surface area contributed by atoms with Crippen LogP contribution in [-0.2, 0) is 11.2 Å². The highest BCUT2D eigenvalue weighted by Gasteiger charge is 2.33. The predicted molar refractivity (Wildman–Crippen MR) is 116 cm³/mol. The number of rotatable bonds is 9. The molecule has 26 heavy (non-hydrogen) atoms. The van der Waals surface area contributed by atoms with Crippen LogP contribution in [0, 0.1) is 19.3 Å². The molecule has 1 aromatic rings. The van der Waals surface area contributed by atoms with Gasteiger partial charge in [0.15, 0.2) is 5.96 Å². The third kappa shape index (κ3) is 6.72. The number of aryl methyl sites for hydroxylation is 2. The quantitative estimate of drug-likeness (QED) is 0.323. The van der Waals surface area contributed by atoms with Crippen LogP contribution in [0.2, 0.25) is 0 Å². The van der Waals surface area contributed by atoms with E-state index in [0.717, 1.165) is 56.5 Å². The minimum Gasteiger partial charge on any atom is -0.385 e. The van der Waals surface area contributed by atoms with Crippen LogP contribution in [0.5, 0.6) is 0 Å². The number of hydrogen-bond acceptors (Lipinski definition) is 4. The maximum Gasteiger partial charge on any atom is 0.191 e. The average molecular weight is 478 g/mol. The Labute approximate surface area is 174 Å². The van der Waals surface area contributed by atoms with E-state index in [1.807, 2.05) is 13.8 Å². The van der Waals surface area contributed by atoms with Gasteiger partial charge in [-0.1, -0.05) is 18.0 Å². The van der Waals surface area contributed by atoms with Crippen molar-refractivity contribution in [2.24, 2.45) is 10.4 Å². The number of nitrogens with one attached hydrogen (secondary N) is 2. The molecular formula is C19H35IN4O2. The lowest BCUT2D eigenvalue weighted by atomic mass is 9.83. The Morgan fingerprint density at radius 3 is 2.58 bits per heavy atom. The van der Waals surface area contributed by atoms with E-state index < -0.39 is 0 Å². The van der Waals surface area contributed by atoms with Crippen LogP contribution in [0.1, 0.15) is 56.0 Å². The molecule has 0 radical (unpaired) electrons. The third-order valence-corrected chi connectivity index (χ3v) is 5.27. The van der Waals surface area contributed by atoms with E-state index in [1.54, 1.807) is 7.11 Å². The Kier molecular flexibility index (Phi) is 10.5. The Balaban J connectivity index is 0.00000338. The molecule has 0 saturated heterocycles. The highest BCUT2D eigenvalue weighted by Crippen LogP contribution is 2.41. The number of guanidine groups is 1. The lowest BCUT2D eigenvalue weighted by Gasteiger charge is -2.27. The smallest absolute Gasteiger partial charge is 0.191 e. The van der Waals surface area contributed by atoms with Gasteiger partial charge in [0.1, 0.15) is 5.76 Å². The Bertz CT molecular complexity index is 534. The molecule has 2 rings (SSSR count). The van der Waals surface area contributed by atoms with Crippen molar-refractivity contribution in [1.82, 2.24) is 15.8 Å². The maximum absolute atomic E-state index is 5.32. The van der Waals surface area contributed by atoms with Crippen molar-refractivity contribution in [1.29, 1.82) is 0 Å². The molecule has 1 aromatic heterocycles. The minimum absolute atomic E-state index is 0. The molecular weight excluding hydrogens is 443 g/mol. The fourth-order valence-corrected chi connectivity index (χ4v) is 3.68. The van der Waals surface area contributed by atoms with Gasteiger partial charge in [-0.25, -0.2) is 0 Å². The standard InChI is InChI=1S/C19H34N4O2.HI/c1-5-20-18(21-12-8-17-15(2)23-25-16(17)3)22-14-19(11-13-24-4)9-6-7-10-19;/h5-14H2,1-4H3,(H2,20,21,22);1H. The summed E-state index contributed by atoms with van der Waals surface area (Å²) in [5.74, 6) is 1.81. The first kappa shape index (κ1) is 23.2. The lowest BCUT2D eigenvalue weighted by molar-refractivity contribution is 0.141. The summed E-state index contributed by atoms with van der Waals surface area (Å²) in [4.78, 5) is 4.88. The minimum atomic E-state index is 0. The molecule has 0 aliphatic heterocycles. The molecule has 1 fully saturated rings. The molecule has 0 amide bonds. The molecule has 6 nitrogen and oxygen atoms in total. The molecule has 1 saturated carbocycles. The summed E-state index contributed by atoms with van der Waals surface area (Å²) < 4.78 is 10.5. The highest BCUT2D eigenvalue weighted by molar-refractivity contribution is 14.0. The molecule has 0 unspecified atom stereocenters. The van der Waals surface area contributed by atoms with E-state index in [1.165, 1.54) is 31.2 Å². The van der Waals surface area contributed by atoms with Crippen LogP contribution in [0.4, 0.5) is 0 Å². The van der Waals surface area contributed by atoms with Gasteiger partial charge in [-0.3, -0.25) is 4.99 Å². The van der Waals surface area contributed by atoms with Crippen molar-refractivity contribution in [3.63, 3.8) is 0 Å². The number of halogens is 1. The predicted octanol–water partition coefficient (Wildman–Crippen LogP) is 3.60. The summed E-state index contributed by atoms with van der Waals surface area (Å²) >= 11 is 0. The van der Waals surface area contributed by atoms with Crippen LogP contribution in [-0.4, -0.2) is 44.5 Å². The summed E-state index contributed by atoms with van der Waals surface area (Å²) in [5.41, 5.74) is 2.49. The van der Waals surface area contributed by atoms with Crippen molar-refractivity contribution in [3.05, 3.63) is 17.0 Å². The van der Waals surface area contributed by atoms with Crippen LogP contribution >= 0.6 is 24.0 Å². The second-order valence-corrected chi connectivity index (χ2v) is 7.12. The molecule has 0 bridgehead atoms. The topological polar surface area (TPSA) is 71.7 Å². The Morgan fingerprint density at radius 2 is 2.00 bits per heavy atom. The number of aliphatic imine (C=N–C) groups is 1. The van der Waals surface area contributed by atoms with Crippen LogP contribution in [0.3, 0.4) is 0 Å². The Morgan fingerprint density at radius 1 is 1.27 bits per heavy atom. The molecule has 150 valence electrons. The second kappa shape index (κ2) is 11.8. The largest absolute Gasteiger partial charge is 0.385 e. The van der Waals surface area contributed by atoms with E-state index in [2.05, 4.69) is 22.7 Å². The first-order valence-corrected chi connectivity index (χ1v) is 9.53. The van der Waals surface area contributed by atoms with Crippen molar-refractivity contribution in [2.45, 2.75) is 59.3 Å². The van der Waals surface area contributed by atoms with E-state index in [0.29, 0.717) is 5.41 Å². The summed E-state index contributed by atoms with van der Waals surface area (Å²) in [6.07, 6.45) is 7.15. The van der Waals surface area contributed by atoms with E-state index in [9.17, 15) is 0 Å². The normalized spacial score (nSPS) is 16.4. The summed E-state index contributed by atoms with van der Waals surface area (Å²) in [6, 6.07) is 0. The number of methoxy groups -OCH3 is 1. The van der Waals surface area contributed by atoms with Gasteiger partial charge in [0.2, 0.25) is 0 Å². The summed E-state index contributed by atoms with van der Waals surface area (Å²) in [7, 11) is 1.78. The van der Waals surface area contributed by atoms with Gasteiger partial charge in [0.25, 0.3) is 0 Å². The molecule has 2 N–H and O–H groups in total. The van der Waals surface area contributed by atoms with E-state index in [4.69, 9.17) is 14.3 Å². The number of ether oxygens (including phenoxy) is 1. The van der Waals surface area contributed by atoms with Crippen LogP contribution < -0.4 is 10.6 Å². The van der Waals surface area contributed by atoms with Crippen molar-refractivity contribution in [3.8, 4) is 0 Å². The first-order chi connectivity index (χ1) is 12.1. The van der Waals surface area contributed by atoms with Gasteiger partial charge in [0.05, 0.1) is 5.69 Å². The number of hydrogen-bond donors (Lipinski definition) is 2. The van der Waals surface area contributed by atoms with E-state index in [-0.39, 0.29) is 24.0 Å². The van der Waals surface area contributed by atoms with Crippen molar-refractivity contribution in [2.75, 3.05) is 33.4 Å². The van der Waals surface area contributed by atoms with Gasteiger partial charge in [-0.2, -0.15) is 0 Å². The molecule has 1 aliphatic rings. The second-order valence-electron chi connectivity index (χ2n) is 7.12. The molecule has 0 spiro atoms. The highest BCUT2D eigenvalue weighted by atomic mass is 127. The molecule has 1 heterocycles. The van der Waals surface area contributed by atoms with Gasteiger partial charge in [0, 0.05) is 38.9 Å². The van der Waals surface area contributed by atoms with Crippen LogP contribution in [0.25, 0.3) is 0 Å². The Hall–Kier alpha value is -0.830. The molecule has 7 heteroatoms. The van der Waals surface area contributed by atoms with Gasteiger partial charge in [-0.15, -0.1) is 24.0 Å². The fraction of sp³-hybridized carbons (Fsp3) is 0.789. The van der Waals surface area contributed by atoms with Gasteiger partial charge in [-0.05, 0) is 51.9 Å². The zero-order chi connectivity index (χ0) is 18.1. The fourth-order valence-electron chi connectivity index (χ4n) is 3.68. The summed E-state index contributed by atoms with van der Waals surface area (Å²) in [5, 5.41) is 10.8. The zero-order valence-corrected chi connectivity index (χ0v) is 19.0. The van der Waals surface area contributed by atoms with Crippen LogP contribution in [0.15, 0.2) is 9.52 Å². The first-order valence-electron chi connectivity index (χ1n) is 9.53. The monoisotopic (exact) mass is 478 g/mol. The zero-order valence-electron chi connectivity index (χ0n) is 16.7. The number of nitrogens with zero attached hydrogens (tertiary/aromatic N) is 2. The van der Waals surface area contributed by atoms with Gasteiger partial charge < -0.3 is 19.9 Å². The van der Waals surface area contributed by atoms with Gasteiger partial charge >= 0.3 is 0 Å².